The van der Waals surface area contributed by atoms with Crippen molar-refractivity contribution in [1.82, 2.24) is 4.90 Å². The smallest absolute Gasteiger partial charge is 0.264 e. The third-order valence-electron chi connectivity index (χ3n) is 4.52. The van der Waals surface area contributed by atoms with Crippen molar-refractivity contribution in [3.05, 3.63) is 76.5 Å². The predicted molar refractivity (Wildman–Crippen MR) is 120 cm³/mol. The number of anilines is 1. The van der Waals surface area contributed by atoms with E-state index < -0.39 is 10.0 Å². The van der Waals surface area contributed by atoms with E-state index in [4.69, 9.17) is 0 Å². The highest BCUT2D eigenvalue weighted by molar-refractivity contribution is 7.98. The van der Waals surface area contributed by atoms with Crippen molar-refractivity contribution in [3.8, 4) is 0 Å². The molecule has 0 saturated carbocycles. The number of thiophene rings is 1. The number of carbonyl (C=O) groups excluding carboxylic acids is 1. The first-order valence-electron chi connectivity index (χ1n) is 8.84. The SMILES string of the molecule is CSc1ccc(S(=O)(=O)N(C)c2ccc(C(=O)N(C)Cc3cccs3)cc2)cc1. The Morgan fingerprint density at radius 1 is 1.00 bits per heavy atom. The molecule has 2 aromatic carbocycles. The number of nitrogens with zero attached hydrogens (tertiary/aromatic N) is 2. The molecule has 0 radical (unpaired) electrons. The third-order valence-corrected chi connectivity index (χ3v) is 7.92. The van der Waals surface area contributed by atoms with Gasteiger partial charge >= 0.3 is 0 Å². The molecule has 152 valence electrons. The predicted octanol–water partition coefficient (Wildman–Crippen LogP) is 4.57. The highest BCUT2D eigenvalue weighted by atomic mass is 32.2. The molecule has 0 N–H and O–H groups in total. The van der Waals surface area contributed by atoms with Gasteiger partial charge in [0.25, 0.3) is 15.9 Å². The zero-order valence-electron chi connectivity index (χ0n) is 16.4. The van der Waals surface area contributed by atoms with E-state index in [1.807, 2.05) is 23.8 Å². The second kappa shape index (κ2) is 9.02. The van der Waals surface area contributed by atoms with Crippen molar-refractivity contribution in [1.29, 1.82) is 0 Å². The van der Waals surface area contributed by atoms with Gasteiger partial charge in [0.2, 0.25) is 0 Å². The van der Waals surface area contributed by atoms with Gasteiger partial charge in [-0.05, 0) is 66.2 Å². The van der Waals surface area contributed by atoms with Gasteiger partial charge in [-0.15, -0.1) is 23.1 Å². The van der Waals surface area contributed by atoms with Crippen LogP contribution in [0.15, 0.2) is 75.8 Å². The molecule has 0 aliphatic heterocycles. The average Bonchev–Trinajstić information content (AvgIpc) is 3.25. The number of benzene rings is 2. The molecule has 0 fully saturated rings. The topological polar surface area (TPSA) is 57.7 Å². The lowest BCUT2D eigenvalue weighted by Crippen LogP contribution is -2.27. The van der Waals surface area contributed by atoms with Crippen LogP contribution < -0.4 is 4.31 Å². The van der Waals surface area contributed by atoms with Gasteiger partial charge in [0.05, 0.1) is 17.1 Å². The van der Waals surface area contributed by atoms with Crippen LogP contribution in [-0.4, -0.2) is 39.6 Å². The number of sulfonamides is 1. The molecule has 1 amide bonds. The van der Waals surface area contributed by atoms with Crippen molar-refractivity contribution >= 4 is 44.7 Å². The van der Waals surface area contributed by atoms with E-state index in [0.29, 0.717) is 17.8 Å². The van der Waals surface area contributed by atoms with Crippen LogP contribution in [0, 0.1) is 0 Å². The summed E-state index contributed by atoms with van der Waals surface area (Å²) >= 11 is 3.16. The van der Waals surface area contributed by atoms with E-state index in [1.165, 1.54) is 11.4 Å². The number of carbonyl (C=O) groups is 1. The summed E-state index contributed by atoms with van der Waals surface area (Å²) in [7, 11) is -0.404. The normalized spacial score (nSPS) is 11.3. The molecular formula is C21H22N2O3S3. The van der Waals surface area contributed by atoms with Crippen LogP contribution in [0.3, 0.4) is 0 Å². The molecule has 0 aliphatic carbocycles. The van der Waals surface area contributed by atoms with Crippen molar-refractivity contribution in [2.24, 2.45) is 0 Å². The zero-order valence-corrected chi connectivity index (χ0v) is 18.9. The van der Waals surface area contributed by atoms with E-state index in [-0.39, 0.29) is 10.8 Å². The van der Waals surface area contributed by atoms with Crippen LogP contribution >= 0.6 is 23.1 Å². The van der Waals surface area contributed by atoms with Crippen molar-refractivity contribution in [2.75, 3.05) is 24.7 Å². The minimum atomic E-state index is -3.67. The Morgan fingerprint density at radius 3 is 2.21 bits per heavy atom. The summed E-state index contributed by atoms with van der Waals surface area (Å²) in [4.78, 5) is 16.6. The Hall–Kier alpha value is -2.29. The van der Waals surface area contributed by atoms with E-state index in [2.05, 4.69) is 0 Å². The maximum atomic E-state index is 12.9. The van der Waals surface area contributed by atoms with E-state index in [0.717, 1.165) is 9.77 Å². The van der Waals surface area contributed by atoms with Crippen LogP contribution in [0.2, 0.25) is 0 Å². The third kappa shape index (κ3) is 4.83. The summed E-state index contributed by atoms with van der Waals surface area (Å²) in [6.07, 6.45) is 1.94. The Labute approximate surface area is 180 Å². The Balaban J connectivity index is 1.75. The summed E-state index contributed by atoms with van der Waals surface area (Å²) in [5.41, 5.74) is 1.01. The first kappa shape index (κ1) is 21.4. The molecule has 0 spiro atoms. The highest BCUT2D eigenvalue weighted by Gasteiger charge is 2.22. The maximum Gasteiger partial charge on any atom is 0.264 e. The lowest BCUT2D eigenvalue weighted by Gasteiger charge is -2.21. The summed E-state index contributed by atoms with van der Waals surface area (Å²) in [6, 6.07) is 17.4. The standard InChI is InChI=1S/C21H22N2O3S3/c1-22(15-19-5-4-14-28-19)21(24)16-6-8-17(9-7-16)23(2)29(25,26)20-12-10-18(27-3)11-13-20/h4-14H,15H2,1-3H3. The van der Waals surface area contributed by atoms with Gasteiger partial charge in [-0.3, -0.25) is 9.10 Å². The lowest BCUT2D eigenvalue weighted by molar-refractivity contribution is 0.0786. The van der Waals surface area contributed by atoms with Gasteiger partial charge in [0.15, 0.2) is 0 Å². The quantitative estimate of drug-likeness (QED) is 0.499. The van der Waals surface area contributed by atoms with Gasteiger partial charge in [0.1, 0.15) is 0 Å². The number of rotatable bonds is 7. The molecule has 1 heterocycles. The largest absolute Gasteiger partial charge is 0.337 e. The molecule has 0 saturated heterocycles. The van der Waals surface area contributed by atoms with Crippen LogP contribution in [0.4, 0.5) is 5.69 Å². The molecule has 0 atom stereocenters. The van der Waals surface area contributed by atoms with E-state index in [1.54, 1.807) is 83.6 Å². The molecular weight excluding hydrogens is 424 g/mol. The maximum absolute atomic E-state index is 12.9. The number of thioether (sulfide) groups is 1. The van der Waals surface area contributed by atoms with Gasteiger partial charge in [-0.2, -0.15) is 0 Å². The number of hydrogen-bond donors (Lipinski definition) is 0. The minimum absolute atomic E-state index is 0.108. The summed E-state index contributed by atoms with van der Waals surface area (Å²) < 4.78 is 27.0. The van der Waals surface area contributed by atoms with Crippen LogP contribution in [0.5, 0.6) is 0 Å². The minimum Gasteiger partial charge on any atom is -0.337 e. The van der Waals surface area contributed by atoms with Crippen LogP contribution in [0.25, 0.3) is 0 Å². The molecule has 1 aromatic heterocycles. The molecule has 3 aromatic rings. The highest BCUT2D eigenvalue weighted by Crippen LogP contribution is 2.25. The molecule has 8 heteroatoms. The van der Waals surface area contributed by atoms with E-state index in [9.17, 15) is 13.2 Å². The number of amides is 1. The molecule has 3 rings (SSSR count). The molecule has 0 bridgehead atoms. The fourth-order valence-corrected chi connectivity index (χ4v) is 5.15. The van der Waals surface area contributed by atoms with Crippen molar-refractivity contribution in [3.63, 3.8) is 0 Å². The summed E-state index contributed by atoms with van der Waals surface area (Å²) in [5, 5.41) is 1.98. The Bertz CT molecular complexity index is 1060. The van der Waals surface area contributed by atoms with Gasteiger partial charge < -0.3 is 4.90 Å². The number of hydrogen-bond acceptors (Lipinski definition) is 5. The van der Waals surface area contributed by atoms with Crippen LogP contribution in [0.1, 0.15) is 15.2 Å². The molecule has 29 heavy (non-hydrogen) atoms. The summed E-state index contributed by atoms with van der Waals surface area (Å²) in [5.74, 6) is -0.108. The fraction of sp³-hybridized carbons (Fsp3) is 0.190. The average molecular weight is 447 g/mol. The van der Waals surface area contributed by atoms with E-state index >= 15 is 0 Å². The van der Waals surface area contributed by atoms with Gasteiger partial charge in [-0.25, -0.2) is 8.42 Å². The van der Waals surface area contributed by atoms with Crippen molar-refractivity contribution in [2.45, 2.75) is 16.3 Å². The Kier molecular flexibility index (Phi) is 6.66. The lowest BCUT2D eigenvalue weighted by atomic mass is 10.2. The molecule has 5 nitrogen and oxygen atoms in total. The van der Waals surface area contributed by atoms with Crippen molar-refractivity contribution < 1.29 is 13.2 Å². The Morgan fingerprint density at radius 2 is 1.66 bits per heavy atom. The molecule has 0 aliphatic rings. The first-order chi connectivity index (χ1) is 13.8. The van der Waals surface area contributed by atoms with Gasteiger partial charge in [0, 0.05) is 29.4 Å². The van der Waals surface area contributed by atoms with Gasteiger partial charge in [-0.1, -0.05) is 6.07 Å². The zero-order chi connectivity index (χ0) is 21.0. The first-order valence-corrected chi connectivity index (χ1v) is 12.4. The molecule has 0 unspecified atom stereocenters. The monoisotopic (exact) mass is 446 g/mol. The van der Waals surface area contributed by atoms with Crippen LogP contribution in [-0.2, 0) is 16.6 Å². The second-order valence-electron chi connectivity index (χ2n) is 6.44. The second-order valence-corrected chi connectivity index (χ2v) is 10.3. The fourth-order valence-electron chi connectivity index (χ4n) is 2.79. The summed E-state index contributed by atoms with van der Waals surface area (Å²) in [6.45, 7) is 0.540.